The fourth-order valence-electron chi connectivity index (χ4n) is 0.745. The number of nitrogen functional groups attached to an aromatic ring is 1. The number of anilines is 1. The Kier molecular flexibility index (Phi) is 9.55. The van der Waals surface area contributed by atoms with E-state index in [1.54, 1.807) is 33.0 Å². The fraction of sp³-hybridized carbons (Fsp3) is 0.583. The van der Waals surface area contributed by atoms with Gasteiger partial charge in [0.25, 0.3) is 0 Å². The number of aromatic nitrogens is 1. The van der Waals surface area contributed by atoms with E-state index in [9.17, 15) is 0 Å². The molecule has 1 rings (SSSR count). The Morgan fingerprint density at radius 3 is 2.29 bits per heavy atom. The van der Waals surface area contributed by atoms with Crippen molar-refractivity contribution in [3.63, 3.8) is 0 Å². The molecule has 0 atom stereocenters. The summed E-state index contributed by atoms with van der Waals surface area (Å²) < 4.78 is 0. The highest BCUT2D eigenvalue weighted by molar-refractivity contribution is 5.29. The van der Waals surface area contributed by atoms with Gasteiger partial charge in [-0.2, -0.15) is 0 Å². The van der Waals surface area contributed by atoms with Crippen molar-refractivity contribution in [1.82, 2.24) is 10.3 Å². The molecule has 17 heavy (non-hydrogen) atoms. The van der Waals surface area contributed by atoms with Gasteiger partial charge >= 0.3 is 0 Å². The average molecular weight is 245 g/mol. The van der Waals surface area contributed by atoms with Crippen molar-refractivity contribution in [3.05, 3.63) is 23.9 Å². The molecule has 0 bridgehead atoms. The van der Waals surface area contributed by atoms with Crippen LogP contribution in [0.4, 0.5) is 5.82 Å². The van der Waals surface area contributed by atoms with E-state index in [1.165, 1.54) is 0 Å². The number of hydrogen-bond acceptors (Lipinski definition) is 5. The van der Waals surface area contributed by atoms with Crippen molar-refractivity contribution in [1.29, 1.82) is 0 Å². The Labute approximate surface area is 105 Å². The molecule has 0 spiro atoms. The predicted octanol–water partition coefficient (Wildman–Crippen LogP) is 2.54. The fourth-order valence-corrected chi connectivity index (χ4v) is 0.745. The maximum absolute atomic E-state index is 7.90. The smallest absolute Gasteiger partial charge is 0.123 e. The summed E-state index contributed by atoms with van der Waals surface area (Å²) >= 11 is 0. The van der Waals surface area contributed by atoms with Gasteiger partial charge in [0, 0.05) is 14.2 Å². The number of nitrogens with two attached hydrogens (primary N) is 1. The lowest BCUT2D eigenvalue weighted by Gasteiger charge is -2.10. The topological polar surface area (TPSA) is 80.4 Å². The molecule has 0 radical (unpaired) electrons. The van der Waals surface area contributed by atoms with Crippen LogP contribution >= 0.6 is 0 Å². The molecule has 0 amide bonds. The lowest BCUT2D eigenvalue weighted by molar-refractivity contribution is -0.306. The summed E-state index contributed by atoms with van der Waals surface area (Å²) in [5.41, 5.74) is 6.14. The number of rotatable bonds is 2. The van der Waals surface area contributed by atoms with Crippen LogP contribution in [0.25, 0.3) is 0 Å². The van der Waals surface area contributed by atoms with Crippen LogP contribution in [0.3, 0.4) is 0 Å². The summed E-state index contributed by atoms with van der Waals surface area (Å²) in [6.07, 6.45) is 1.77. The maximum atomic E-state index is 7.90. The van der Waals surface area contributed by atoms with Crippen LogP contribution in [0.5, 0.6) is 0 Å². The van der Waals surface area contributed by atoms with Crippen molar-refractivity contribution in [2.75, 3.05) is 12.8 Å². The van der Waals surface area contributed by atoms with E-state index in [2.05, 4.69) is 15.2 Å². The molecule has 1 aromatic heterocycles. The maximum Gasteiger partial charge on any atom is 0.123 e. The first kappa shape index (κ1) is 18.2. The molecule has 0 fully saturated rings. The summed E-state index contributed by atoms with van der Waals surface area (Å²) in [5, 5.41) is 10.9. The molecule has 5 nitrogen and oxygen atoms in total. The largest absolute Gasteiger partial charge is 0.384 e. The first-order chi connectivity index (χ1) is 7.39. The van der Waals surface area contributed by atoms with Crippen LogP contribution in [0.1, 0.15) is 35.2 Å². The normalized spacial score (nSPS) is 9.94. The number of nitrogens with zero attached hydrogens (tertiary/aromatic N) is 1. The lowest BCUT2D eigenvalue weighted by atomic mass is 10.2. The quantitative estimate of drug-likeness (QED) is 0.551. The molecule has 4 N–H and O–H groups in total. The van der Waals surface area contributed by atoms with Gasteiger partial charge in [0.2, 0.25) is 0 Å². The monoisotopic (exact) mass is 245 g/mol. The van der Waals surface area contributed by atoms with Gasteiger partial charge < -0.3 is 11.1 Å². The van der Waals surface area contributed by atoms with Gasteiger partial charge in [-0.1, -0.05) is 13.5 Å². The molecular weight excluding hydrogens is 218 g/mol. The van der Waals surface area contributed by atoms with Crippen LogP contribution in [-0.4, -0.2) is 22.9 Å². The van der Waals surface area contributed by atoms with Crippen molar-refractivity contribution >= 4 is 5.82 Å². The molecule has 0 aliphatic rings. The third kappa shape index (κ3) is 11.1. The molecular formula is C12H27N3O2. The van der Waals surface area contributed by atoms with Crippen LogP contribution < -0.4 is 11.1 Å². The lowest BCUT2D eigenvalue weighted by Crippen LogP contribution is -2.15. The molecule has 1 aromatic rings. The van der Waals surface area contributed by atoms with E-state index >= 15 is 0 Å². The van der Waals surface area contributed by atoms with E-state index in [4.69, 9.17) is 11.0 Å². The molecule has 0 aliphatic heterocycles. The third-order valence-corrected chi connectivity index (χ3v) is 1.50. The van der Waals surface area contributed by atoms with Crippen LogP contribution in [0.2, 0.25) is 0 Å². The van der Waals surface area contributed by atoms with Gasteiger partial charge in [0.05, 0.1) is 5.60 Å². The zero-order valence-electron chi connectivity index (χ0n) is 10.3. The van der Waals surface area contributed by atoms with Gasteiger partial charge in [0.15, 0.2) is 0 Å². The molecule has 0 unspecified atom stereocenters. The van der Waals surface area contributed by atoms with Crippen LogP contribution in [0.15, 0.2) is 18.3 Å². The van der Waals surface area contributed by atoms with Gasteiger partial charge in [-0.25, -0.2) is 9.87 Å². The zero-order valence-corrected chi connectivity index (χ0v) is 10.3. The van der Waals surface area contributed by atoms with E-state index in [0.29, 0.717) is 5.82 Å². The second-order valence-corrected chi connectivity index (χ2v) is 4.33. The molecule has 1 heterocycles. The van der Waals surface area contributed by atoms with E-state index in [1.807, 2.05) is 13.1 Å². The van der Waals surface area contributed by atoms with Crippen molar-refractivity contribution < 1.29 is 11.6 Å². The van der Waals surface area contributed by atoms with Crippen molar-refractivity contribution in [2.45, 2.75) is 40.3 Å². The highest BCUT2D eigenvalue weighted by Gasteiger charge is 2.06. The predicted molar refractivity (Wildman–Crippen MR) is 73.7 cm³/mol. The second-order valence-electron chi connectivity index (χ2n) is 4.33. The Morgan fingerprint density at radius 1 is 1.47 bits per heavy atom. The molecule has 5 heteroatoms. The van der Waals surface area contributed by atoms with Gasteiger partial charge in [-0.15, -0.1) is 0 Å². The first-order valence-corrected chi connectivity index (χ1v) is 5.06. The Hall–Kier alpha value is -1.17. The molecule has 0 aromatic carbocycles. The van der Waals surface area contributed by atoms with E-state index < -0.39 is 5.60 Å². The summed E-state index contributed by atoms with van der Waals surface area (Å²) in [6.45, 7) is 6.15. The number of pyridine rings is 1. The molecule has 102 valence electrons. The van der Waals surface area contributed by atoms with Crippen molar-refractivity contribution in [2.24, 2.45) is 0 Å². The van der Waals surface area contributed by atoms with Gasteiger partial charge in [-0.05, 0) is 39.4 Å². The van der Waals surface area contributed by atoms with Gasteiger partial charge in [-0.3, -0.25) is 5.26 Å². The number of nitrogens with one attached hydrogen (secondary N) is 1. The highest BCUT2D eigenvalue weighted by Crippen LogP contribution is 2.01. The van der Waals surface area contributed by atoms with E-state index in [-0.39, 0.29) is 8.85 Å². The molecule has 0 saturated heterocycles. The Bertz CT molecular complexity index is 286. The average Bonchev–Trinajstić information content (AvgIpc) is 2.22. The molecule has 0 saturated carbocycles. The second kappa shape index (κ2) is 8.92. The molecule has 0 aliphatic carbocycles. The minimum atomic E-state index is -0.403. The summed E-state index contributed by atoms with van der Waals surface area (Å²) in [4.78, 5) is 7.87. The highest BCUT2D eigenvalue weighted by atomic mass is 17.1. The summed E-state index contributed by atoms with van der Waals surface area (Å²) in [7, 11) is 1.90. The summed E-state index contributed by atoms with van der Waals surface area (Å²) in [5.74, 6) is 0.569. The van der Waals surface area contributed by atoms with Crippen LogP contribution in [0, 0.1) is 0 Å². The van der Waals surface area contributed by atoms with E-state index in [0.717, 1.165) is 12.1 Å². The minimum absolute atomic E-state index is 0. The Balaban J connectivity index is -0.000000250. The van der Waals surface area contributed by atoms with Crippen LogP contribution in [-0.2, 0) is 11.4 Å². The first-order valence-electron chi connectivity index (χ1n) is 5.06. The third-order valence-electron chi connectivity index (χ3n) is 1.50. The standard InChI is InChI=1S/C7H11N3.C4H10O2.CH4.H2/c1-9-4-6-2-3-7(8)10-5-6;1-4(2,3)6-5;;/h2-3,5,9H,4H2,1H3,(H2,8,10);5H,1-3H3;1H4;1H. The van der Waals surface area contributed by atoms with Gasteiger partial charge in [0.1, 0.15) is 5.82 Å². The van der Waals surface area contributed by atoms with Crippen molar-refractivity contribution in [3.8, 4) is 0 Å². The SMILES string of the molecule is C.CC(C)(C)OO.CNCc1ccc(N)nc1.[HH]. The number of hydrogen-bond donors (Lipinski definition) is 3. The Morgan fingerprint density at radius 2 is 2.00 bits per heavy atom. The summed E-state index contributed by atoms with van der Waals surface area (Å²) in [6, 6.07) is 3.76. The zero-order chi connectivity index (χ0) is 12.6. The minimum Gasteiger partial charge on any atom is -0.384 e.